The van der Waals surface area contributed by atoms with E-state index in [1.807, 2.05) is 38.2 Å². The van der Waals surface area contributed by atoms with E-state index >= 15 is 0 Å². The Labute approximate surface area is 207 Å². The van der Waals surface area contributed by atoms with Crippen molar-refractivity contribution in [2.75, 3.05) is 51.8 Å². The number of rotatable bonds is 9. The van der Waals surface area contributed by atoms with Crippen LogP contribution in [0.2, 0.25) is 5.02 Å². The number of ether oxygens (including phenoxy) is 1. The van der Waals surface area contributed by atoms with E-state index in [1.54, 1.807) is 0 Å². The summed E-state index contributed by atoms with van der Waals surface area (Å²) >= 11 is 5.94. The van der Waals surface area contributed by atoms with Gasteiger partial charge in [-0.25, -0.2) is 14.8 Å². The lowest BCUT2D eigenvalue weighted by Crippen LogP contribution is -2.46. The van der Waals surface area contributed by atoms with Crippen molar-refractivity contribution in [3.05, 3.63) is 52.3 Å². The summed E-state index contributed by atoms with van der Waals surface area (Å²) in [6.45, 7) is 5.07. The van der Waals surface area contributed by atoms with Crippen LogP contribution >= 0.6 is 11.6 Å². The fourth-order valence-electron chi connectivity index (χ4n) is 4.13. The highest BCUT2D eigenvalue weighted by atomic mass is 35.5. The van der Waals surface area contributed by atoms with Crippen molar-refractivity contribution in [1.29, 1.82) is 0 Å². The first-order chi connectivity index (χ1) is 16.5. The number of hydrogen-bond donors (Lipinski definition) is 1. The molecule has 12 heteroatoms. The predicted molar refractivity (Wildman–Crippen MR) is 125 cm³/mol. The molecule has 0 unspecified atom stereocenters. The van der Waals surface area contributed by atoms with Crippen LogP contribution < -0.4 is 4.90 Å². The molecule has 1 aliphatic rings. The van der Waals surface area contributed by atoms with Crippen LogP contribution in [0.4, 0.5) is 19.1 Å². The summed E-state index contributed by atoms with van der Waals surface area (Å²) in [6, 6.07) is 7.32. The number of aromatic nitrogens is 2. The summed E-state index contributed by atoms with van der Waals surface area (Å²) in [4.78, 5) is 25.0. The molecule has 1 aliphatic heterocycles. The summed E-state index contributed by atoms with van der Waals surface area (Å²) in [5.74, 6) is -1.36. The predicted octanol–water partition coefficient (Wildman–Crippen LogP) is 2.94. The first-order valence-electron chi connectivity index (χ1n) is 11.2. The number of carbonyl (C=O) groups excluding carboxylic acids is 1. The average molecular weight is 516 g/mol. The number of β-amino-alcohol motifs (C(OH)–C–C–N with tert-alkyl or cyclic N) is 1. The molecular weight excluding hydrogens is 487 g/mol. The maximum Gasteiger partial charge on any atom is 0.434 e. The number of benzene rings is 1. The number of aliphatic hydroxyl groups is 1. The molecule has 0 saturated carbocycles. The second-order valence-corrected chi connectivity index (χ2v) is 8.89. The molecule has 2 aromatic rings. The number of methoxy groups -OCH3 is 1. The molecule has 3 rings (SSSR count). The number of likely N-dealkylation sites (N-methyl/N-ethyl adjacent to an activating group) is 2. The van der Waals surface area contributed by atoms with Crippen molar-refractivity contribution >= 4 is 23.5 Å². The Hall–Kier alpha value is -2.47. The lowest BCUT2D eigenvalue weighted by atomic mass is 10.1. The third kappa shape index (κ3) is 6.81. The van der Waals surface area contributed by atoms with Crippen LogP contribution in [0.5, 0.6) is 0 Å². The molecule has 0 amide bonds. The van der Waals surface area contributed by atoms with Crippen molar-refractivity contribution in [1.82, 2.24) is 19.8 Å². The highest BCUT2D eigenvalue weighted by Crippen LogP contribution is 2.32. The van der Waals surface area contributed by atoms with Gasteiger partial charge in [-0.15, -0.1) is 0 Å². The lowest BCUT2D eigenvalue weighted by molar-refractivity contribution is -0.141. The zero-order valence-electron chi connectivity index (χ0n) is 19.8. The topological polar surface area (TPSA) is 82.0 Å². The summed E-state index contributed by atoms with van der Waals surface area (Å²) in [6.07, 6.45) is -4.84. The molecule has 0 radical (unpaired) electrons. The number of anilines is 1. The third-order valence-corrected chi connectivity index (χ3v) is 6.25. The number of hydrogen-bond acceptors (Lipinski definition) is 8. The van der Waals surface area contributed by atoms with Gasteiger partial charge in [0.2, 0.25) is 5.95 Å². The normalized spacial score (nSPS) is 18.5. The van der Waals surface area contributed by atoms with Crippen LogP contribution in [0.15, 0.2) is 30.5 Å². The first-order valence-corrected chi connectivity index (χ1v) is 11.5. The molecule has 192 valence electrons. The van der Waals surface area contributed by atoms with Crippen molar-refractivity contribution in [2.24, 2.45) is 0 Å². The maximum atomic E-state index is 13.5. The molecule has 2 heterocycles. The first kappa shape index (κ1) is 27.1. The number of halogens is 4. The molecule has 35 heavy (non-hydrogen) atoms. The van der Waals surface area contributed by atoms with Crippen LogP contribution in [0.3, 0.4) is 0 Å². The van der Waals surface area contributed by atoms with E-state index < -0.39 is 29.5 Å². The minimum atomic E-state index is -4.86. The zero-order valence-corrected chi connectivity index (χ0v) is 20.6. The van der Waals surface area contributed by atoms with Gasteiger partial charge in [-0.2, -0.15) is 13.2 Å². The number of aliphatic hydroxyl groups excluding tert-OH is 1. The van der Waals surface area contributed by atoms with Gasteiger partial charge in [0, 0.05) is 43.9 Å². The minimum absolute atomic E-state index is 0.0800. The van der Waals surface area contributed by atoms with Crippen LogP contribution in [0.25, 0.3) is 0 Å². The molecule has 0 bridgehead atoms. The molecule has 0 spiro atoms. The number of nitrogens with zero attached hydrogens (tertiary/aromatic N) is 5. The van der Waals surface area contributed by atoms with E-state index in [-0.39, 0.29) is 25.1 Å². The highest BCUT2D eigenvalue weighted by Gasteiger charge is 2.41. The molecule has 1 fully saturated rings. The standard InChI is InChI=1S/C23H29ClF3N5O3/c1-4-31(10-9-30(2)12-15-5-7-16(24)8-6-15)18-13-32(14-19(18)33)22-28-11-17(21(34)35-3)20(29-22)23(25,26)27/h5-8,11,18-19,33H,4,9-10,12-14H2,1-3H3/t18-,19-/m1/s1. The van der Waals surface area contributed by atoms with Gasteiger partial charge in [-0.05, 0) is 31.3 Å². The van der Waals surface area contributed by atoms with Crippen molar-refractivity contribution < 1.29 is 27.8 Å². The SMILES string of the molecule is CCN(CCN(C)Cc1ccc(Cl)cc1)[C@@H]1CN(c2ncc(C(=O)OC)c(C(F)(F)F)n2)C[C@H]1O. The maximum absolute atomic E-state index is 13.5. The number of esters is 1. The largest absolute Gasteiger partial charge is 0.465 e. The Morgan fingerprint density at radius 1 is 1.26 bits per heavy atom. The summed E-state index contributed by atoms with van der Waals surface area (Å²) in [7, 11) is 2.99. The fraction of sp³-hybridized carbons (Fsp3) is 0.522. The summed E-state index contributed by atoms with van der Waals surface area (Å²) < 4.78 is 45.0. The smallest absolute Gasteiger partial charge is 0.434 e. The fourth-order valence-corrected chi connectivity index (χ4v) is 4.26. The Balaban J connectivity index is 1.67. The monoisotopic (exact) mass is 515 g/mol. The molecule has 8 nitrogen and oxygen atoms in total. The quantitative estimate of drug-likeness (QED) is 0.511. The van der Waals surface area contributed by atoms with E-state index in [0.717, 1.165) is 32.0 Å². The van der Waals surface area contributed by atoms with Crippen LogP contribution in [-0.2, 0) is 17.5 Å². The Kier molecular flexibility index (Phi) is 8.92. The molecular formula is C23H29ClF3N5O3. The van der Waals surface area contributed by atoms with Crippen molar-refractivity contribution in [2.45, 2.75) is 31.8 Å². The van der Waals surface area contributed by atoms with Gasteiger partial charge in [-0.1, -0.05) is 30.7 Å². The van der Waals surface area contributed by atoms with E-state index in [1.165, 1.54) is 4.90 Å². The van der Waals surface area contributed by atoms with Crippen molar-refractivity contribution in [3.63, 3.8) is 0 Å². The summed E-state index contributed by atoms with van der Waals surface area (Å²) in [5.41, 5.74) is -0.984. The molecule has 1 aromatic carbocycles. The van der Waals surface area contributed by atoms with Gasteiger partial charge in [0.25, 0.3) is 0 Å². The van der Waals surface area contributed by atoms with E-state index in [2.05, 4.69) is 24.5 Å². The molecule has 1 aromatic heterocycles. The van der Waals surface area contributed by atoms with Gasteiger partial charge in [-0.3, -0.25) is 4.90 Å². The van der Waals surface area contributed by atoms with Gasteiger partial charge in [0.1, 0.15) is 5.56 Å². The lowest BCUT2D eigenvalue weighted by Gasteiger charge is -2.31. The zero-order chi connectivity index (χ0) is 25.8. The Morgan fingerprint density at radius 3 is 2.54 bits per heavy atom. The molecule has 0 aliphatic carbocycles. The van der Waals surface area contributed by atoms with Crippen LogP contribution in [0, 0.1) is 0 Å². The average Bonchev–Trinajstić information content (AvgIpc) is 3.21. The minimum Gasteiger partial charge on any atom is -0.465 e. The molecule has 1 saturated heterocycles. The molecule has 1 N–H and O–H groups in total. The van der Waals surface area contributed by atoms with Crippen LogP contribution in [-0.4, -0.2) is 89.9 Å². The van der Waals surface area contributed by atoms with Gasteiger partial charge in [0.15, 0.2) is 5.69 Å². The Bertz CT molecular complexity index is 1010. The van der Waals surface area contributed by atoms with E-state index in [0.29, 0.717) is 18.1 Å². The second-order valence-electron chi connectivity index (χ2n) is 8.45. The van der Waals surface area contributed by atoms with E-state index in [9.17, 15) is 23.1 Å². The van der Waals surface area contributed by atoms with Gasteiger partial charge >= 0.3 is 12.1 Å². The summed E-state index contributed by atoms with van der Waals surface area (Å²) in [5, 5.41) is 11.4. The number of alkyl halides is 3. The van der Waals surface area contributed by atoms with Gasteiger partial charge in [0.05, 0.1) is 19.3 Å². The molecule has 2 atom stereocenters. The number of carbonyl (C=O) groups is 1. The second kappa shape index (κ2) is 11.5. The Morgan fingerprint density at radius 2 is 1.94 bits per heavy atom. The third-order valence-electron chi connectivity index (χ3n) is 6.00. The highest BCUT2D eigenvalue weighted by molar-refractivity contribution is 6.30. The van der Waals surface area contributed by atoms with Crippen molar-refractivity contribution in [3.8, 4) is 0 Å². The van der Waals surface area contributed by atoms with Crippen LogP contribution in [0.1, 0.15) is 28.5 Å². The van der Waals surface area contributed by atoms with Gasteiger partial charge < -0.3 is 19.6 Å². The van der Waals surface area contributed by atoms with E-state index in [4.69, 9.17) is 11.6 Å².